The van der Waals surface area contributed by atoms with E-state index in [1.54, 1.807) is 6.20 Å². The highest BCUT2D eigenvalue weighted by Gasteiger charge is 2.22. The molecule has 3 heterocycles. The lowest BCUT2D eigenvalue weighted by molar-refractivity contribution is 0.142. The molecule has 0 bridgehead atoms. The number of aromatic nitrogens is 3. The molecular weight excluding hydrogens is 246 g/mol. The van der Waals surface area contributed by atoms with Crippen LogP contribution in [0, 0.1) is 0 Å². The van der Waals surface area contributed by atoms with Crippen molar-refractivity contribution in [3.05, 3.63) is 24.7 Å². The fourth-order valence-corrected chi connectivity index (χ4v) is 2.24. The minimum Gasteiger partial charge on any atom is -0.465 e. The van der Waals surface area contributed by atoms with Crippen LogP contribution in [0.4, 0.5) is 10.6 Å². The van der Waals surface area contributed by atoms with Gasteiger partial charge in [0.15, 0.2) is 5.65 Å². The number of rotatable bonds is 1. The smallest absolute Gasteiger partial charge is 0.407 e. The highest BCUT2D eigenvalue weighted by molar-refractivity contribution is 5.86. The predicted octanol–water partition coefficient (Wildman–Crippen LogP) is 0.825. The summed E-state index contributed by atoms with van der Waals surface area (Å²) in [5.74, 6) is 0.822. The summed E-state index contributed by atoms with van der Waals surface area (Å²) in [6, 6.07) is 3.78. The lowest BCUT2D eigenvalue weighted by Gasteiger charge is -2.34. The number of hydrogen-bond acceptors (Lipinski definition) is 5. The van der Waals surface area contributed by atoms with Gasteiger partial charge in [-0.15, -0.1) is 0 Å². The number of hydrogen-bond donors (Lipinski definition) is 1. The summed E-state index contributed by atoms with van der Waals surface area (Å²) in [6.45, 7) is 2.24. The third kappa shape index (κ3) is 2.14. The van der Waals surface area contributed by atoms with E-state index < -0.39 is 6.09 Å². The van der Waals surface area contributed by atoms with E-state index in [1.165, 1.54) is 11.2 Å². The van der Waals surface area contributed by atoms with Crippen molar-refractivity contribution in [3.8, 4) is 0 Å². The maximum Gasteiger partial charge on any atom is 0.407 e. The average Bonchev–Trinajstić information content (AvgIpc) is 2.47. The summed E-state index contributed by atoms with van der Waals surface area (Å²) in [4.78, 5) is 27.0. The van der Waals surface area contributed by atoms with Gasteiger partial charge in [0.05, 0.1) is 5.39 Å². The van der Waals surface area contributed by atoms with Gasteiger partial charge in [-0.25, -0.2) is 19.7 Å². The van der Waals surface area contributed by atoms with Crippen molar-refractivity contribution >= 4 is 22.9 Å². The topological polar surface area (TPSA) is 82.5 Å². The Hall–Kier alpha value is -2.44. The molecule has 1 fully saturated rings. The molecule has 7 nitrogen and oxygen atoms in total. The third-order valence-electron chi connectivity index (χ3n) is 3.24. The van der Waals surface area contributed by atoms with E-state index in [2.05, 4.69) is 19.9 Å². The van der Waals surface area contributed by atoms with Crippen LogP contribution < -0.4 is 4.90 Å². The van der Waals surface area contributed by atoms with Crippen molar-refractivity contribution in [2.75, 3.05) is 31.1 Å². The van der Waals surface area contributed by atoms with Gasteiger partial charge >= 0.3 is 6.09 Å². The zero-order valence-electron chi connectivity index (χ0n) is 10.2. The lowest BCUT2D eigenvalue weighted by atomic mass is 10.2. The first-order chi connectivity index (χ1) is 9.25. The molecule has 1 aliphatic heterocycles. The summed E-state index contributed by atoms with van der Waals surface area (Å²) >= 11 is 0. The van der Waals surface area contributed by atoms with Crippen molar-refractivity contribution in [2.45, 2.75) is 0 Å². The van der Waals surface area contributed by atoms with Gasteiger partial charge in [0, 0.05) is 32.4 Å². The molecule has 7 heteroatoms. The highest BCUT2D eigenvalue weighted by atomic mass is 16.4. The Morgan fingerprint density at radius 3 is 2.68 bits per heavy atom. The van der Waals surface area contributed by atoms with Crippen molar-refractivity contribution in [1.29, 1.82) is 0 Å². The quantitative estimate of drug-likeness (QED) is 0.816. The van der Waals surface area contributed by atoms with E-state index in [0.717, 1.165) is 11.2 Å². The summed E-state index contributed by atoms with van der Waals surface area (Å²) < 4.78 is 0. The van der Waals surface area contributed by atoms with Gasteiger partial charge in [0.25, 0.3) is 0 Å². The Morgan fingerprint density at radius 2 is 1.95 bits per heavy atom. The van der Waals surface area contributed by atoms with Crippen LogP contribution in [-0.4, -0.2) is 57.2 Å². The minimum atomic E-state index is -0.867. The first-order valence-corrected chi connectivity index (χ1v) is 6.04. The highest BCUT2D eigenvalue weighted by Crippen LogP contribution is 2.22. The molecule has 0 saturated carbocycles. The largest absolute Gasteiger partial charge is 0.465 e. The second-order valence-electron chi connectivity index (χ2n) is 4.33. The van der Waals surface area contributed by atoms with Crippen LogP contribution in [-0.2, 0) is 0 Å². The molecule has 1 saturated heterocycles. The van der Waals surface area contributed by atoms with Crippen molar-refractivity contribution in [2.24, 2.45) is 0 Å². The minimum absolute atomic E-state index is 0.487. The van der Waals surface area contributed by atoms with Crippen LogP contribution in [0.2, 0.25) is 0 Å². The fourth-order valence-electron chi connectivity index (χ4n) is 2.24. The van der Waals surface area contributed by atoms with Gasteiger partial charge < -0.3 is 14.9 Å². The number of nitrogens with zero attached hydrogens (tertiary/aromatic N) is 5. The van der Waals surface area contributed by atoms with Crippen molar-refractivity contribution in [1.82, 2.24) is 19.9 Å². The molecule has 1 N–H and O–H groups in total. The summed E-state index contributed by atoms with van der Waals surface area (Å²) in [7, 11) is 0. The molecule has 0 aromatic carbocycles. The number of carboxylic acid groups (broad SMARTS) is 1. The van der Waals surface area contributed by atoms with E-state index in [0.29, 0.717) is 31.8 Å². The van der Waals surface area contributed by atoms with E-state index in [9.17, 15) is 4.79 Å². The molecule has 1 aliphatic rings. The average molecular weight is 259 g/mol. The normalized spacial score (nSPS) is 15.8. The van der Waals surface area contributed by atoms with E-state index in [1.807, 2.05) is 12.1 Å². The standard InChI is InChI=1S/C12H13N5O2/c18-12(19)17-6-4-16(5-7-17)11-9-2-1-3-13-10(9)14-8-15-11/h1-3,8H,4-7H2,(H,18,19). The van der Waals surface area contributed by atoms with Gasteiger partial charge in [-0.3, -0.25) is 0 Å². The maximum atomic E-state index is 10.9. The second-order valence-corrected chi connectivity index (χ2v) is 4.33. The molecule has 0 radical (unpaired) electrons. The van der Waals surface area contributed by atoms with Crippen LogP contribution in [0.5, 0.6) is 0 Å². The molecule has 0 aliphatic carbocycles. The van der Waals surface area contributed by atoms with Gasteiger partial charge in [-0.1, -0.05) is 0 Å². The van der Waals surface area contributed by atoms with Crippen LogP contribution in [0.25, 0.3) is 11.0 Å². The zero-order valence-corrected chi connectivity index (χ0v) is 10.2. The molecule has 0 unspecified atom stereocenters. The second kappa shape index (κ2) is 4.68. The SMILES string of the molecule is O=C(O)N1CCN(c2ncnc3ncccc23)CC1. The van der Waals surface area contributed by atoms with E-state index in [-0.39, 0.29) is 0 Å². The third-order valence-corrected chi connectivity index (χ3v) is 3.24. The van der Waals surface area contributed by atoms with Crippen LogP contribution in [0.3, 0.4) is 0 Å². The first-order valence-electron chi connectivity index (χ1n) is 6.04. The Kier molecular flexibility index (Phi) is 2.86. The predicted molar refractivity (Wildman–Crippen MR) is 69.1 cm³/mol. The van der Waals surface area contributed by atoms with Crippen LogP contribution >= 0.6 is 0 Å². The maximum absolute atomic E-state index is 10.9. The number of anilines is 1. The first kappa shape index (κ1) is 11.6. The van der Waals surface area contributed by atoms with Gasteiger partial charge in [0.1, 0.15) is 12.1 Å². The molecule has 0 atom stereocenters. The van der Waals surface area contributed by atoms with Gasteiger partial charge in [0.2, 0.25) is 0 Å². The number of pyridine rings is 1. The Bertz CT molecular complexity index is 605. The van der Waals surface area contributed by atoms with Crippen LogP contribution in [0.1, 0.15) is 0 Å². The Labute approximate surface area is 109 Å². The number of piperazine rings is 1. The molecule has 98 valence electrons. The summed E-state index contributed by atoms with van der Waals surface area (Å²) in [6.07, 6.45) is 2.32. The Morgan fingerprint density at radius 1 is 1.16 bits per heavy atom. The molecule has 0 spiro atoms. The number of fused-ring (bicyclic) bond motifs is 1. The lowest BCUT2D eigenvalue weighted by Crippen LogP contribution is -2.48. The zero-order chi connectivity index (χ0) is 13.2. The fraction of sp³-hybridized carbons (Fsp3) is 0.333. The van der Waals surface area contributed by atoms with E-state index >= 15 is 0 Å². The molecule has 2 aromatic heterocycles. The van der Waals surface area contributed by atoms with Crippen LogP contribution in [0.15, 0.2) is 24.7 Å². The summed E-state index contributed by atoms with van der Waals surface area (Å²) in [5.41, 5.74) is 0.660. The number of carbonyl (C=O) groups is 1. The Balaban J connectivity index is 1.88. The molecule has 19 heavy (non-hydrogen) atoms. The van der Waals surface area contributed by atoms with Gasteiger partial charge in [-0.05, 0) is 12.1 Å². The summed E-state index contributed by atoms with van der Waals surface area (Å²) in [5, 5.41) is 9.84. The van der Waals surface area contributed by atoms with Crippen molar-refractivity contribution < 1.29 is 9.90 Å². The monoisotopic (exact) mass is 259 g/mol. The number of amides is 1. The van der Waals surface area contributed by atoms with Gasteiger partial charge in [-0.2, -0.15) is 0 Å². The molecular formula is C12H13N5O2. The van der Waals surface area contributed by atoms with Crippen molar-refractivity contribution in [3.63, 3.8) is 0 Å². The molecule has 1 amide bonds. The molecule has 3 rings (SSSR count). The molecule has 2 aromatic rings. The van der Waals surface area contributed by atoms with E-state index in [4.69, 9.17) is 5.11 Å².